The third-order valence-corrected chi connectivity index (χ3v) is 4.97. The van der Waals surface area contributed by atoms with Crippen LogP contribution in [-0.4, -0.2) is 83.2 Å². The number of carbonyl (C=O) groups is 2. The molecular weight excluding hydrogens is 412 g/mol. The predicted octanol–water partition coefficient (Wildman–Crippen LogP) is 2.52. The lowest BCUT2D eigenvalue weighted by Crippen LogP contribution is -2.32. The van der Waals surface area contributed by atoms with E-state index >= 15 is 0 Å². The second kappa shape index (κ2) is 20.9. The van der Waals surface area contributed by atoms with Crippen LogP contribution in [0, 0.1) is 0 Å². The summed E-state index contributed by atoms with van der Waals surface area (Å²) in [6.45, 7) is 4.57. The number of aliphatic hydroxyl groups is 3. The fourth-order valence-corrected chi connectivity index (χ4v) is 3.18. The molecule has 8 nitrogen and oxygen atoms in total. The summed E-state index contributed by atoms with van der Waals surface area (Å²) >= 11 is 0. The highest BCUT2D eigenvalue weighted by atomic mass is 16.4. The Labute approximate surface area is 192 Å². The Kier molecular flexibility index (Phi) is 19.6. The summed E-state index contributed by atoms with van der Waals surface area (Å²) in [6, 6.07) is 6.30. The maximum atomic E-state index is 12.0. The van der Waals surface area contributed by atoms with Gasteiger partial charge in [0, 0.05) is 26.2 Å². The van der Waals surface area contributed by atoms with E-state index in [1.165, 1.54) is 44.6 Å². The lowest BCUT2D eigenvalue weighted by Gasteiger charge is -2.17. The largest absolute Gasteiger partial charge is 0.478 e. The maximum absolute atomic E-state index is 12.0. The van der Waals surface area contributed by atoms with Crippen LogP contribution < -0.4 is 5.32 Å². The highest BCUT2D eigenvalue weighted by Gasteiger charge is 2.14. The second-order valence-corrected chi connectivity index (χ2v) is 7.59. The van der Waals surface area contributed by atoms with E-state index in [-0.39, 0.29) is 36.9 Å². The molecule has 0 saturated carbocycles. The second-order valence-electron chi connectivity index (χ2n) is 7.59. The van der Waals surface area contributed by atoms with Gasteiger partial charge in [-0.05, 0) is 18.6 Å². The van der Waals surface area contributed by atoms with Crippen LogP contribution >= 0.6 is 0 Å². The van der Waals surface area contributed by atoms with Crippen molar-refractivity contribution in [1.82, 2.24) is 10.2 Å². The van der Waals surface area contributed by atoms with Crippen LogP contribution in [0.3, 0.4) is 0 Å². The summed E-state index contributed by atoms with van der Waals surface area (Å²) in [6.07, 6.45) is 9.71. The van der Waals surface area contributed by atoms with E-state index in [0.717, 1.165) is 12.8 Å². The number of aliphatic hydroxyl groups excluding tert-OH is 3. The Morgan fingerprint density at radius 2 is 1.25 bits per heavy atom. The monoisotopic (exact) mass is 454 g/mol. The van der Waals surface area contributed by atoms with Crippen molar-refractivity contribution in [3.63, 3.8) is 0 Å². The van der Waals surface area contributed by atoms with E-state index in [4.69, 9.17) is 20.4 Å². The van der Waals surface area contributed by atoms with E-state index < -0.39 is 5.97 Å². The van der Waals surface area contributed by atoms with Crippen LogP contribution in [0.1, 0.15) is 79.0 Å². The standard InChI is InChI=1S/C18H27NO3.C6H15NO3/c1-2-3-4-5-6-7-8-11-14-19-17(20)15-12-9-10-13-16(15)18(21)22;8-4-1-7(2-5-9)3-6-10/h9-10,12-13H,2-8,11,14H2,1H3,(H,19,20)(H,21,22);8-10H,1-6H2. The van der Waals surface area contributed by atoms with Crippen LogP contribution in [0.2, 0.25) is 0 Å². The quantitative estimate of drug-likeness (QED) is 0.229. The molecule has 0 radical (unpaired) electrons. The van der Waals surface area contributed by atoms with Gasteiger partial charge in [0.15, 0.2) is 0 Å². The van der Waals surface area contributed by atoms with E-state index in [1.807, 2.05) is 0 Å². The van der Waals surface area contributed by atoms with Crippen molar-refractivity contribution in [2.45, 2.75) is 58.3 Å². The number of carboxylic acids is 1. The molecule has 0 saturated heterocycles. The summed E-state index contributed by atoms with van der Waals surface area (Å²) < 4.78 is 0. The van der Waals surface area contributed by atoms with Gasteiger partial charge >= 0.3 is 5.97 Å². The van der Waals surface area contributed by atoms with Crippen LogP contribution in [0.5, 0.6) is 0 Å². The van der Waals surface area contributed by atoms with Gasteiger partial charge in [0.05, 0.1) is 30.9 Å². The van der Waals surface area contributed by atoms with Gasteiger partial charge in [-0.2, -0.15) is 0 Å². The average molecular weight is 455 g/mol. The first-order valence-electron chi connectivity index (χ1n) is 11.7. The third kappa shape index (κ3) is 14.9. The number of aromatic carboxylic acids is 1. The zero-order valence-electron chi connectivity index (χ0n) is 19.5. The van der Waals surface area contributed by atoms with Gasteiger partial charge in [-0.1, -0.05) is 64.0 Å². The van der Waals surface area contributed by atoms with E-state index in [0.29, 0.717) is 26.2 Å². The SMILES string of the molecule is CCCCCCCCCCNC(=O)c1ccccc1C(=O)O.OCCN(CCO)CCO. The summed E-state index contributed by atoms with van der Waals surface area (Å²) in [4.78, 5) is 24.9. The van der Waals surface area contributed by atoms with Crippen molar-refractivity contribution in [2.75, 3.05) is 46.0 Å². The molecule has 0 spiro atoms. The fourth-order valence-electron chi connectivity index (χ4n) is 3.18. The fraction of sp³-hybridized carbons (Fsp3) is 0.667. The van der Waals surface area contributed by atoms with Crippen molar-refractivity contribution < 1.29 is 30.0 Å². The van der Waals surface area contributed by atoms with Gasteiger partial charge in [0.25, 0.3) is 5.91 Å². The van der Waals surface area contributed by atoms with Crippen LogP contribution in [0.4, 0.5) is 0 Å². The molecule has 0 aliphatic carbocycles. The molecule has 1 aromatic rings. The van der Waals surface area contributed by atoms with Crippen LogP contribution in [0.25, 0.3) is 0 Å². The topological polar surface area (TPSA) is 130 Å². The molecule has 0 atom stereocenters. The van der Waals surface area contributed by atoms with Crippen LogP contribution in [-0.2, 0) is 0 Å². The number of nitrogens with zero attached hydrogens (tertiary/aromatic N) is 1. The van der Waals surface area contributed by atoms with E-state index in [9.17, 15) is 9.59 Å². The number of unbranched alkanes of at least 4 members (excludes halogenated alkanes) is 7. The van der Waals surface area contributed by atoms with E-state index in [1.54, 1.807) is 23.1 Å². The molecule has 0 heterocycles. The minimum Gasteiger partial charge on any atom is -0.478 e. The van der Waals surface area contributed by atoms with Gasteiger partial charge in [-0.25, -0.2) is 4.79 Å². The van der Waals surface area contributed by atoms with Gasteiger partial charge in [-0.15, -0.1) is 0 Å². The Balaban J connectivity index is 0.000000809. The zero-order valence-corrected chi connectivity index (χ0v) is 19.5. The number of amides is 1. The minimum atomic E-state index is -1.07. The highest BCUT2D eigenvalue weighted by molar-refractivity contribution is 6.04. The molecule has 1 rings (SSSR count). The summed E-state index contributed by atoms with van der Waals surface area (Å²) in [5.74, 6) is -1.38. The first-order chi connectivity index (χ1) is 15.5. The van der Waals surface area contributed by atoms with Crippen molar-refractivity contribution in [1.29, 1.82) is 0 Å². The number of benzene rings is 1. The number of carbonyl (C=O) groups excluding carboxylic acids is 1. The number of hydrogen-bond acceptors (Lipinski definition) is 6. The molecule has 0 unspecified atom stereocenters. The molecule has 1 amide bonds. The van der Waals surface area contributed by atoms with Crippen molar-refractivity contribution >= 4 is 11.9 Å². The van der Waals surface area contributed by atoms with Gasteiger partial charge in [0.1, 0.15) is 0 Å². The Hall–Kier alpha value is -2.00. The van der Waals surface area contributed by atoms with Gasteiger partial charge < -0.3 is 25.7 Å². The molecule has 0 aromatic heterocycles. The molecule has 1 aromatic carbocycles. The summed E-state index contributed by atoms with van der Waals surface area (Å²) in [5, 5.41) is 37.3. The maximum Gasteiger partial charge on any atom is 0.336 e. The Bertz CT molecular complexity index is 598. The van der Waals surface area contributed by atoms with Crippen molar-refractivity contribution in [3.8, 4) is 0 Å². The zero-order chi connectivity index (χ0) is 24.0. The first kappa shape index (κ1) is 30.0. The smallest absolute Gasteiger partial charge is 0.336 e. The molecule has 8 heteroatoms. The van der Waals surface area contributed by atoms with E-state index in [2.05, 4.69) is 12.2 Å². The number of rotatable bonds is 17. The van der Waals surface area contributed by atoms with Crippen molar-refractivity contribution in [3.05, 3.63) is 35.4 Å². The predicted molar refractivity (Wildman–Crippen MR) is 126 cm³/mol. The van der Waals surface area contributed by atoms with Gasteiger partial charge in [0.2, 0.25) is 0 Å². The highest BCUT2D eigenvalue weighted by Crippen LogP contribution is 2.10. The van der Waals surface area contributed by atoms with Crippen LogP contribution in [0.15, 0.2) is 24.3 Å². The normalized spacial score (nSPS) is 10.5. The molecule has 0 bridgehead atoms. The summed E-state index contributed by atoms with van der Waals surface area (Å²) in [7, 11) is 0. The molecule has 32 heavy (non-hydrogen) atoms. The summed E-state index contributed by atoms with van der Waals surface area (Å²) in [5.41, 5.74) is 0.283. The average Bonchev–Trinajstić information content (AvgIpc) is 2.79. The third-order valence-electron chi connectivity index (χ3n) is 4.97. The lowest BCUT2D eigenvalue weighted by molar-refractivity contribution is 0.0691. The molecule has 0 aliphatic rings. The number of hydrogen-bond donors (Lipinski definition) is 5. The number of carboxylic acid groups (broad SMARTS) is 1. The molecular formula is C24H42N2O6. The minimum absolute atomic E-state index is 0.0518. The molecule has 0 fully saturated rings. The lowest BCUT2D eigenvalue weighted by atomic mass is 10.1. The Morgan fingerprint density at radius 1 is 0.781 bits per heavy atom. The number of nitrogens with one attached hydrogen (secondary N) is 1. The molecule has 5 N–H and O–H groups in total. The molecule has 184 valence electrons. The van der Waals surface area contributed by atoms with Crippen molar-refractivity contribution in [2.24, 2.45) is 0 Å². The molecule has 0 aliphatic heterocycles. The Morgan fingerprint density at radius 3 is 1.72 bits per heavy atom. The van der Waals surface area contributed by atoms with Gasteiger partial charge in [-0.3, -0.25) is 9.69 Å². The first-order valence-corrected chi connectivity index (χ1v) is 11.7.